The van der Waals surface area contributed by atoms with Gasteiger partial charge in [0.15, 0.2) is 11.5 Å². The van der Waals surface area contributed by atoms with Gasteiger partial charge in [-0.05, 0) is 35.9 Å². The van der Waals surface area contributed by atoms with E-state index in [0.29, 0.717) is 31.0 Å². The number of amides is 1. The van der Waals surface area contributed by atoms with Crippen molar-refractivity contribution in [1.82, 2.24) is 9.88 Å². The lowest BCUT2D eigenvalue weighted by Crippen LogP contribution is -2.32. The first-order valence-corrected chi connectivity index (χ1v) is 8.46. The number of ether oxygens (including phenoxy) is 1. The molecular weight excluding hydrogens is 328 g/mol. The average Bonchev–Trinajstić information content (AvgIpc) is 2.91. The highest BCUT2D eigenvalue weighted by Gasteiger charge is 2.23. The molecule has 130 valence electrons. The van der Waals surface area contributed by atoms with E-state index in [1.165, 1.54) is 0 Å². The zero-order valence-electron chi connectivity index (χ0n) is 14.1. The van der Waals surface area contributed by atoms with E-state index in [1.54, 1.807) is 35.5 Å². The molecule has 0 aliphatic carbocycles. The quantitative estimate of drug-likeness (QED) is 0.771. The normalized spacial score (nSPS) is 13.5. The summed E-state index contributed by atoms with van der Waals surface area (Å²) >= 11 is 0. The Morgan fingerprint density at radius 2 is 1.92 bits per heavy atom. The second kappa shape index (κ2) is 6.88. The number of hydrogen-bond donors (Lipinski definition) is 1. The molecule has 0 spiro atoms. The molecule has 1 aliphatic heterocycles. The highest BCUT2D eigenvalue weighted by molar-refractivity contribution is 5.94. The number of phenolic OH excluding ortho intramolecular Hbond substituents is 1. The van der Waals surface area contributed by atoms with E-state index in [1.807, 2.05) is 36.4 Å². The molecule has 0 saturated carbocycles. The summed E-state index contributed by atoms with van der Waals surface area (Å²) in [7, 11) is 0. The Hall–Kier alpha value is -3.34. The molecule has 1 aromatic heterocycles. The molecule has 5 heteroatoms. The number of pyridine rings is 1. The summed E-state index contributed by atoms with van der Waals surface area (Å²) in [5.74, 6) is 0.477. The standard InChI is InChI=1S/C21H18N2O3/c24-19-12-17(16-7-4-8-22-13-16)11-18-14-23(9-10-26-20(18)19)21(25)15-5-2-1-3-6-15/h1-8,11-13,24H,9-10,14H2. The third kappa shape index (κ3) is 3.11. The van der Waals surface area contributed by atoms with Crippen LogP contribution >= 0.6 is 0 Å². The third-order valence-electron chi connectivity index (χ3n) is 4.42. The molecule has 5 nitrogen and oxygen atoms in total. The molecule has 0 unspecified atom stereocenters. The smallest absolute Gasteiger partial charge is 0.254 e. The summed E-state index contributed by atoms with van der Waals surface area (Å²) in [4.78, 5) is 18.7. The molecule has 2 aromatic carbocycles. The predicted molar refractivity (Wildman–Crippen MR) is 98.0 cm³/mol. The van der Waals surface area contributed by atoms with Gasteiger partial charge in [-0.25, -0.2) is 0 Å². The lowest BCUT2D eigenvalue weighted by molar-refractivity contribution is 0.0733. The Labute approximate surface area is 151 Å². The van der Waals surface area contributed by atoms with Gasteiger partial charge in [0.25, 0.3) is 5.91 Å². The molecule has 0 atom stereocenters. The number of hydrogen-bond acceptors (Lipinski definition) is 4. The fourth-order valence-corrected chi connectivity index (χ4v) is 3.14. The molecule has 1 N–H and O–H groups in total. The Kier molecular flexibility index (Phi) is 4.27. The number of benzene rings is 2. The summed E-state index contributed by atoms with van der Waals surface area (Å²) in [6.45, 7) is 1.18. The molecule has 0 radical (unpaired) electrons. The molecule has 4 rings (SSSR count). The van der Waals surface area contributed by atoms with Gasteiger partial charge in [-0.2, -0.15) is 0 Å². The minimum absolute atomic E-state index is 0.0479. The van der Waals surface area contributed by atoms with Crippen molar-refractivity contribution < 1.29 is 14.6 Å². The van der Waals surface area contributed by atoms with E-state index >= 15 is 0 Å². The molecule has 1 amide bonds. The summed E-state index contributed by atoms with van der Waals surface area (Å²) in [6.07, 6.45) is 3.45. The van der Waals surface area contributed by atoms with Crippen LogP contribution in [-0.4, -0.2) is 34.0 Å². The molecule has 0 fully saturated rings. The Balaban J connectivity index is 1.69. The van der Waals surface area contributed by atoms with Gasteiger partial charge in [0.05, 0.1) is 6.54 Å². The van der Waals surface area contributed by atoms with Crippen molar-refractivity contribution in [3.8, 4) is 22.6 Å². The van der Waals surface area contributed by atoms with Gasteiger partial charge >= 0.3 is 0 Å². The van der Waals surface area contributed by atoms with Crippen LogP contribution < -0.4 is 4.74 Å². The van der Waals surface area contributed by atoms with E-state index in [4.69, 9.17) is 4.74 Å². The van der Waals surface area contributed by atoms with E-state index in [2.05, 4.69) is 4.98 Å². The lowest BCUT2D eigenvalue weighted by Gasteiger charge is -2.20. The molecule has 3 aromatic rings. The first-order valence-electron chi connectivity index (χ1n) is 8.46. The van der Waals surface area contributed by atoms with Crippen molar-refractivity contribution in [3.05, 3.63) is 78.1 Å². The monoisotopic (exact) mass is 346 g/mol. The summed E-state index contributed by atoms with van der Waals surface area (Å²) < 4.78 is 5.73. The predicted octanol–water partition coefficient (Wildman–Crippen LogP) is 3.49. The topological polar surface area (TPSA) is 62.7 Å². The first kappa shape index (κ1) is 16.1. The van der Waals surface area contributed by atoms with E-state index in [-0.39, 0.29) is 11.7 Å². The lowest BCUT2D eigenvalue weighted by atomic mass is 10.0. The van der Waals surface area contributed by atoms with Gasteiger partial charge < -0.3 is 14.7 Å². The maximum atomic E-state index is 12.8. The van der Waals surface area contributed by atoms with E-state index < -0.39 is 0 Å². The van der Waals surface area contributed by atoms with E-state index in [0.717, 1.165) is 16.7 Å². The van der Waals surface area contributed by atoms with Crippen molar-refractivity contribution in [2.75, 3.05) is 13.2 Å². The van der Waals surface area contributed by atoms with Crippen LogP contribution in [0.4, 0.5) is 0 Å². The SMILES string of the molecule is O=C(c1ccccc1)N1CCOc2c(O)cc(-c3cccnc3)cc2C1. The van der Waals surface area contributed by atoms with E-state index in [9.17, 15) is 9.90 Å². The third-order valence-corrected chi connectivity index (χ3v) is 4.42. The number of rotatable bonds is 2. The number of fused-ring (bicyclic) bond motifs is 1. The zero-order valence-corrected chi connectivity index (χ0v) is 14.1. The fraction of sp³-hybridized carbons (Fsp3) is 0.143. The van der Waals surface area contributed by atoms with Gasteiger partial charge in [-0.15, -0.1) is 0 Å². The zero-order chi connectivity index (χ0) is 17.9. The number of nitrogens with zero attached hydrogens (tertiary/aromatic N) is 2. The first-order chi connectivity index (χ1) is 12.7. The number of aromatic hydroxyl groups is 1. The maximum absolute atomic E-state index is 12.8. The highest BCUT2D eigenvalue weighted by atomic mass is 16.5. The molecule has 1 aliphatic rings. The second-order valence-corrected chi connectivity index (χ2v) is 6.17. The minimum atomic E-state index is -0.0479. The summed E-state index contributed by atoms with van der Waals surface area (Å²) in [6, 6.07) is 16.6. The largest absolute Gasteiger partial charge is 0.504 e. The number of carbonyl (C=O) groups is 1. The van der Waals surface area contributed by atoms with Gasteiger partial charge in [0.1, 0.15) is 6.61 Å². The van der Waals surface area contributed by atoms with Crippen LogP contribution in [0.15, 0.2) is 67.0 Å². The highest BCUT2D eigenvalue weighted by Crippen LogP contribution is 2.37. The Morgan fingerprint density at radius 1 is 1.08 bits per heavy atom. The van der Waals surface area contributed by atoms with Crippen LogP contribution in [0.3, 0.4) is 0 Å². The summed E-state index contributed by atoms with van der Waals surface area (Å²) in [5.41, 5.74) is 3.16. The molecule has 2 heterocycles. The molecular formula is C21H18N2O3. The van der Waals surface area contributed by atoms with Crippen LogP contribution in [0.2, 0.25) is 0 Å². The van der Waals surface area contributed by atoms with Gasteiger partial charge in [-0.3, -0.25) is 9.78 Å². The molecule has 0 saturated heterocycles. The van der Waals surface area contributed by atoms with Crippen molar-refractivity contribution in [3.63, 3.8) is 0 Å². The van der Waals surface area contributed by atoms with Crippen molar-refractivity contribution >= 4 is 5.91 Å². The molecule has 26 heavy (non-hydrogen) atoms. The minimum Gasteiger partial charge on any atom is -0.504 e. The number of carbonyl (C=O) groups excluding carboxylic acids is 1. The average molecular weight is 346 g/mol. The second-order valence-electron chi connectivity index (χ2n) is 6.17. The Bertz CT molecular complexity index is 927. The van der Waals surface area contributed by atoms with Crippen LogP contribution in [0, 0.1) is 0 Å². The van der Waals surface area contributed by atoms with Crippen LogP contribution in [0.1, 0.15) is 15.9 Å². The maximum Gasteiger partial charge on any atom is 0.254 e. The Morgan fingerprint density at radius 3 is 2.69 bits per heavy atom. The van der Waals surface area contributed by atoms with Gasteiger partial charge in [0, 0.05) is 35.6 Å². The van der Waals surface area contributed by atoms with Crippen LogP contribution in [0.5, 0.6) is 11.5 Å². The molecule has 0 bridgehead atoms. The summed E-state index contributed by atoms with van der Waals surface area (Å²) in [5, 5.41) is 10.4. The van der Waals surface area contributed by atoms with Crippen LogP contribution in [-0.2, 0) is 6.54 Å². The van der Waals surface area contributed by atoms with Crippen molar-refractivity contribution in [1.29, 1.82) is 0 Å². The number of phenols is 1. The van der Waals surface area contributed by atoms with Crippen molar-refractivity contribution in [2.24, 2.45) is 0 Å². The van der Waals surface area contributed by atoms with Gasteiger partial charge in [-0.1, -0.05) is 24.3 Å². The fourth-order valence-electron chi connectivity index (χ4n) is 3.14. The van der Waals surface area contributed by atoms with Gasteiger partial charge in [0.2, 0.25) is 0 Å². The van der Waals surface area contributed by atoms with Crippen LogP contribution in [0.25, 0.3) is 11.1 Å². The number of aromatic nitrogens is 1. The van der Waals surface area contributed by atoms with Crippen molar-refractivity contribution in [2.45, 2.75) is 6.54 Å².